The summed E-state index contributed by atoms with van der Waals surface area (Å²) < 4.78 is 16.6. The number of ether oxygens (including phenoxy) is 2. The van der Waals surface area contributed by atoms with E-state index in [2.05, 4.69) is 5.32 Å². The minimum atomic E-state index is -0.427. The highest BCUT2D eigenvalue weighted by Gasteiger charge is 2.31. The van der Waals surface area contributed by atoms with E-state index in [1.807, 2.05) is 50.2 Å². The first-order valence-electron chi connectivity index (χ1n) is 8.45. The molecule has 2 amide bonds. The van der Waals surface area contributed by atoms with Gasteiger partial charge in [0.1, 0.15) is 17.6 Å². The molecule has 0 saturated carbocycles. The molecule has 2 aromatic rings. The highest BCUT2D eigenvalue weighted by Crippen LogP contribution is 2.30. The second-order valence-corrected chi connectivity index (χ2v) is 6.29. The number of carbonyl (C=O) groups is 1. The van der Waals surface area contributed by atoms with Gasteiger partial charge in [0.05, 0.1) is 32.1 Å². The maximum absolute atomic E-state index is 12.9. The van der Waals surface area contributed by atoms with Crippen LogP contribution in [0.4, 0.5) is 4.79 Å². The molecule has 0 radical (unpaired) electrons. The van der Waals surface area contributed by atoms with Crippen LogP contribution in [0.5, 0.6) is 5.75 Å². The lowest BCUT2D eigenvalue weighted by atomic mass is 10.0. The van der Waals surface area contributed by atoms with Crippen LogP contribution >= 0.6 is 0 Å². The third-order valence-electron chi connectivity index (χ3n) is 4.41. The predicted molar refractivity (Wildman–Crippen MR) is 93.7 cm³/mol. The molecule has 1 aliphatic rings. The number of carbonyl (C=O) groups excluding carboxylic acids is 1. The minimum absolute atomic E-state index is 0.0196. The monoisotopic (exact) mass is 344 g/mol. The number of nitrogens with zero attached hydrogens (tertiary/aromatic N) is 1. The second-order valence-electron chi connectivity index (χ2n) is 6.29. The van der Waals surface area contributed by atoms with Crippen molar-refractivity contribution in [1.29, 1.82) is 0 Å². The van der Waals surface area contributed by atoms with Gasteiger partial charge in [0.25, 0.3) is 0 Å². The van der Waals surface area contributed by atoms with E-state index in [0.717, 1.165) is 5.56 Å². The fraction of sp³-hybridized carbons (Fsp3) is 0.421. The summed E-state index contributed by atoms with van der Waals surface area (Å²) in [4.78, 5) is 14.7. The Bertz CT molecular complexity index is 701. The number of nitrogens with one attached hydrogen (secondary N) is 1. The van der Waals surface area contributed by atoms with Gasteiger partial charge in [-0.2, -0.15) is 0 Å². The van der Waals surface area contributed by atoms with Gasteiger partial charge in [-0.3, -0.25) is 0 Å². The van der Waals surface area contributed by atoms with Crippen molar-refractivity contribution in [3.63, 3.8) is 0 Å². The molecule has 3 rings (SSSR count). The first-order chi connectivity index (χ1) is 12.1. The molecule has 1 aromatic heterocycles. The van der Waals surface area contributed by atoms with E-state index in [-0.39, 0.29) is 18.2 Å². The van der Waals surface area contributed by atoms with E-state index in [9.17, 15) is 4.79 Å². The van der Waals surface area contributed by atoms with E-state index < -0.39 is 6.04 Å². The third-order valence-corrected chi connectivity index (χ3v) is 4.41. The van der Waals surface area contributed by atoms with Crippen molar-refractivity contribution in [1.82, 2.24) is 10.2 Å². The van der Waals surface area contributed by atoms with Crippen LogP contribution in [0, 0.1) is 0 Å². The molecule has 3 atom stereocenters. The zero-order valence-electron chi connectivity index (χ0n) is 14.8. The van der Waals surface area contributed by atoms with Crippen LogP contribution in [0.25, 0.3) is 0 Å². The fourth-order valence-electron chi connectivity index (χ4n) is 3.06. The molecule has 6 nitrogen and oxygen atoms in total. The molecule has 2 heterocycles. The number of hydrogen-bond donors (Lipinski definition) is 1. The van der Waals surface area contributed by atoms with Crippen molar-refractivity contribution in [2.24, 2.45) is 0 Å². The number of amides is 2. The number of hydrogen-bond acceptors (Lipinski definition) is 4. The van der Waals surface area contributed by atoms with Crippen LogP contribution in [0.15, 0.2) is 47.1 Å². The molecule has 1 fully saturated rings. The Labute approximate surface area is 147 Å². The van der Waals surface area contributed by atoms with Gasteiger partial charge in [-0.1, -0.05) is 18.2 Å². The molecular formula is C19H24N2O4. The highest BCUT2D eigenvalue weighted by atomic mass is 16.5. The standard InChI is InChI=1S/C19H24N2O4/c1-13-12-25-14(2)11-21(13)19(22)20-18(17-9-6-10-24-17)15-7-4-5-8-16(15)23-3/h4-10,13-14,18H,11-12H2,1-3H3,(H,20,22)/t13-,14+,18-/m0/s1. The summed E-state index contributed by atoms with van der Waals surface area (Å²) in [6.45, 7) is 5.05. The van der Waals surface area contributed by atoms with Crippen LogP contribution < -0.4 is 10.1 Å². The summed E-state index contributed by atoms with van der Waals surface area (Å²) in [6, 6.07) is 10.7. The van der Waals surface area contributed by atoms with Gasteiger partial charge >= 0.3 is 6.03 Å². The molecule has 0 aliphatic carbocycles. The first kappa shape index (κ1) is 17.4. The summed E-state index contributed by atoms with van der Waals surface area (Å²) >= 11 is 0. The molecule has 0 bridgehead atoms. The Morgan fingerprint density at radius 2 is 2.08 bits per heavy atom. The average molecular weight is 344 g/mol. The van der Waals surface area contributed by atoms with Gasteiger partial charge in [0.15, 0.2) is 0 Å². The van der Waals surface area contributed by atoms with Crippen molar-refractivity contribution in [2.45, 2.75) is 32.0 Å². The number of benzene rings is 1. The number of rotatable bonds is 4. The number of para-hydroxylation sites is 1. The number of morpholine rings is 1. The molecule has 6 heteroatoms. The Kier molecular flexibility index (Phi) is 5.28. The third kappa shape index (κ3) is 3.79. The normalized spacial score (nSPS) is 21.6. The topological polar surface area (TPSA) is 63.9 Å². The van der Waals surface area contributed by atoms with Gasteiger partial charge in [-0.15, -0.1) is 0 Å². The SMILES string of the molecule is COc1ccccc1[C@H](NC(=O)N1C[C@@H](C)OC[C@@H]1C)c1ccco1. The molecule has 0 unspecified atom stereocenters. The Hall–Kier alpha value is -2.47. The van der Waals surface area contributed by atoms with Crippen LogP contribution in [0.2, 0.25) is 0 Å². The van der Waals surface area contributed by atoms with E-state index in [1.165, 1.54) is 0 Å². The summed E-state index contributed by atoms with van der Waals surface area (Å²) in [6.07, 6.45) is 1.62. The van der Waals surface area contributed by atoms with Crippen molar-refractivity contribution >= 4 is 6.03 Å². The smallest absolute Gasteiger partial charge is 0.318 e. The highest BCUT2D eigenvalue weighted by molar-refractivity contribution is 5.76. The summed E-state index contributed by atoms with van der Waals surface area (Å²) in [5, 5.41) is 3.09. The van der Waals surface area contributed by atoms with Crippen LogP contribution in [-0.2, 0) is 4.74 Å². The minimum Gasteiger partial charge on any atom is -0.496 e. The van der Waals surface area contributed by atoms with E-state index in [4.69, 9.17) is 13.9 Å². The molecule has 0 spiro atoms. The van der Waals surface area contributed by atoms with Crippen LogP contribution in [-0.4, -0.2) is 43.3 Å². The molecule has 25 heavy (non-hydrogen) atoms. The molecule has 1 aromatic carbocycles. The van der Waals surface area contributed by atoms with Crippen LogP contribution in [0.1, 0.15) is 31.2 Å². The Morgan fingerprint density at radius 1 is 1.28 bits per heavy atom. The van der Waals surface area contributed by atoms with Crippen molar-refractivity contribution in [3.8, 4) is 5.75 Å². The van der Waals surface area contributed by atoms with Crippen molar-refractivity contribution in [3.05, 3.63) is 54.0 Å². The number of methoxy groups -OCH3 is 1. The lowest BCUT2D eigenvalue weighted by Gasteiger charge is -2.37. The Morgan fingerprint density at radius 3 is 2.80 bits per heavy atom. The van der Waals surface area contributed by atoms with E-state index in [0.29, 0.717) is 24.7 Å². The molecule has 1 N–H and O–H groups in total. The van der Waals surface area contributed by atoms with Crippen molar-refractivity contribution in [2.75, 3.05) is 20.3 Å². The van der Waals surface area contributed by atoms with Crippen molar-refractivity contribution < 1.29 is 18.7 Å². The second kappa shape index (κ2) is 7.61. The fourth-order valence-corrected chi connectivity index (χ4v) is 3.06. The van der Waals surface area contributed by atoms with Crippen LogP contribution in [0.3, 0.4) is 0 Å². The van der Waals surface area contributed by atoms with Gasteiger partial charge in [0, 0.05) is 12.1 Å². The number of furan rings is 1. The van der Waals surface area contributed by atoms with E-state index >= 15 is 0 Å². The largest absolute Gasteiger partial charge is 0.496 e. The maximum atomic E-state index is 12.9. The summed E-state index contributed by atoms with van der Waals surface area (Å²) in [5.41, 5.74) is 0.849. The average Bonchev–Trinajstić information content (AvgIpc) is 3.16. The lowest BCUT2D eigenvalue weighted by Crippen LogP contribution is -2.54. The summed E-state index contributed by atoms with van der Waals surface area (Å²) in [5.74, 6) is 1.36. The zero-order valence-corrected chi connectivity index (χ0v) is 14.8. The maximum Gasteiger partial charge on any atom is 0.318 e. The zero-order chi connectivity index (χ0) is 17.8. The van der Waals surface area contributed by atoms with Gasteiger partial charge in [-0.05, 0) is 32.0 Å². The molecule has 1 aliphatic heterocycles. The predicted octanol–water partition coefficient (Wildman–Crippen LogP) is 3.20. The number of urea groups is 1. The van der Waals surface area contributed by atoms with Gasteiger partial charge < -0.3 is 24.1 Å². The van der Waals surface area contributed by atoms with Gasteiger partial charge in [-0.25, -0.2) is 4.79 Å². The Balaban J connectivity index is 1.87. The lowest BCUT2D eigenvalue weighted by molar-refractivity contribution is -0.0320. The first-order valence-corrected chi connectivity index (χ1v) is 8.45. The molecule has 134 valence electrons. The van der Waals surface area contributed by atoms with Gasteiger partial charge in [0.2, 0.25) is 0 Å². The molecular weight excluding hydrogens is 320 g/mol. The summed E-state index contributed by atoms with van der Waals surface area (Å²) in [7, 11) is 1.62. The molecule has 1 saturated heterocycles. The van der Waals surface area contributed by atoms with E-state index in [1.54, 1.807) is 18.3 Å². The quantitative estimate of drug-likeness (QED) is 0.925.